The lowest BCUT2D eigenvalue weighted by Gasteiger charge is -2.15. The standard InChI is InChI=1S/C25H25ClN2O3S/c1-18-9-12-21(13-10-18)32(29,30)28-23-17-20(26)11-14-22(23)25(31-16-15-27(2)3)24(28)19-7-5-4-6-8-19/h4-14,17H,15-16H2,1-3H3. The van der Waals surface area contributed by atoms with Crippen LogP contribution in [0.1, 0.15) is 5.56 Å². The van der Waals surface area contributed by atoms with Crippen LogP contribution in [-0.4, -0.2) is 44.5 Å². The lowest BCUT2D eigenvalue weighted by Crippen LogP contribution is -2.19. The Kier molecular flexibility index (Phi) is 6.29. The van der Waals surface area contributed by atoms with Gasteiger partial charge in [-0.15, -0.1) is 0 Å². The van der Waals surface area contributed by atoms with Crippen LogP contribution in [0, 0.1) is 6.92 Å². The van der Waals surface area contributed by atoms with E-state index in [2.05, 4.69) is 0 Å². The maximum atomic E-state index is 13.9. The van der Waals surface area contributed by atoms with Gasteiger partial charge in [-0.05, 0) is 51.4 Å². The fourth-order valence-corrected chi connectivity index (χ4v) is 5.29. The fraction of sp³-hybridized carbons (Fsp3) is 0.200. The van der Waals surface area contributed by atoms with Crippen molar-refractivity contribution in [1.29, 1.82) is 0 Å². The van der Waals surface area contributed by atoms with Gasteiger partial charge in [-0.25, -0.2) is 12.4 Å². The first kappa shape index (κ1) is 22.4. The summed E-state index contributed by atoms with van der Waals surface area (Å²) in [7, 11) is -0.00152. The third-order valence-electron chi connectivity index (χ3n) is 5.23. The van der Waals surface area contributed by atoms with Gasteiger partial charge in [-0.1, -0.05) is 59.6 Å². The Bertz CT molecular complexity index is 1350. The zero-order chi connectivity index (χ0) is 22.9. The van der Waals surface area contributed by atoms with Crippen molar-refractivity contribution >= 4 is 32.5 Å². The number of likely N-dealkylation sites (N-methyl/N-ethyl adjacent to an activating group) is 1. The second-order valence-corrected chi connectivity index (χ2v) is 10.2. The molecule has 1 heterocycles. The number of fused-ring (bicyclic) bond motifs is 1. The van der Waals surface area contributed by atoms with Crippen molar-refractivity contribution in [1.82, 2.24) is 8.87 Å². The van der Waals surface area contributed by atoms with Crippen LogP contribution in [0.15, 0.2) is 77.7 Å². The molecular weight excluding hydrogens is 444 g/mol. The molecule has 0 aliphatic carbocycles. The largest absolute Gasteiger partial charge is 0.489 e. The SMILES string of the molecule is Cc1ccc(S(=O)(=O)n2c(-c3ccccc3)c(OCCN(C)C)c3ccc(Cl)cc32)cc1. The van der Waals surface area contributed by atoms with E-state index in [0.717, 1.165) is 11.1 Å². The van der Waals surface area contributed by atoms with Crippen LogP contribution in [0.4, 0.5) is 0 Å². The molecule has 0 saturated heterocycles. The molecule has 0 amide bonds. The number of rotatable bonds is 7. The van der Waals surface area contributed by atoms with Gasteiger partial charge in [0.1, 0.15) is 12.3 Å². The first-order valence-corrected chi connectivity index (χ1v) is 12.1. The summed E-state index contributed by atoms with van der Waals surface area (Å²) in [6, 6.07) is 21.5. The van der Waals surface area contributed by atoms with Gasteiger partial charge in [0.05, 0.1) is 10.4 Å². The Labute approximate surface area is 193 Å². The van der Waals surface area contributed by atoms with Crippen LogP contribution in [0.2, 0.25) is 5.02 Å². The second kappa shape index (κ2) is 8.98. The molecule has 3 aromatic carbocycles. The first-order chi connectivity index (χ1) is 15.3. The maximum absolute atomic E-state index is 13.9. The normalized spacial score (nSPS) is 11.9. The smallest absolute Gasteiger partial charge is 0.268 e. The molecule has 5 nitrogen and oxygen atoms in total. The van der Waals surface area contributed by atoms with E-state index in [-0.39, 0.29) is 4.90 Å². The Morgan fingerprint density at radius 1 is 0.969 bits per heavy atom. The van der Waals surface area contributed by atoms with Crippen molar-refractivity contribution in [3.8, 4) is 17.0 Å². The van der Waals surface area contributed by atoms with Crippen molar-refractivity contribution in [3.05, 3.63) is 83.4 Å². The van der Waals surface area contributed by atoms with E-state index in [4.69, 9.17) is 16.3 Å². The highest BCUT2D eigenvalue weighted by Crippen LogP contribution is 2.43. The predicted octanol–water partition coefficient (Wildman–Crippen LogP) is 5.45. The van der Waals surface area contributed by atoms with Crippen LogP contribution in [0.25, 0.3) is 22.2 Å². The average molecular weight is 469 g/mol. The third kappa shape index (κ3) is 4.26. The molecule has 0 atom stereocenters. The number of aryl methyl sites for hydroxylation is 1. The van der Waals surface area contributed by atoms with Crippen LogP contribution in [-0.2, 0) is 10.0 Å². The van der Waals surface area contributed by atoms with Crippen LogP contribution >= 0.6 is 11.6 Å². The van der Waals surface area contributed by atoms with Crippen molar-refractivity contribution in [2.45, 2.75) is 11.8 Å². The molecule has 0 fully saturated rings. The van der Waals surface area contributed by atoms with E-state index < -0.39 is 10.0 Å². The van der Waals surface area contributed by atoms with E-state index in [1.165, 1.54) is 3.97 Å². The molecule has 166 valence electrons. The molecule has 0 saturated carbocycles. The van der Waals surface area contributed by atoms with Gasteiger partial charge in [-0.3, -0.25) is 0 Å². The van der Waals surface area contributed by atoms with Gasteiger partial charge in [0, 0.05) is 22.5 Å². The molecule has 0 N–H and O–H groups in total. The van der Waals surface area contributed by atoms with E-state index >= 15 is 0 Å². The number of hydrogen-bond acceptors (Lipinski definition) is 4. The number of aromatic nitrogens is 1. The highest BCUT2D eigenvalue weighted by molar-refractivity contribution is 7.90. The van der Waals surface area contributed by atoms with Crippen LogP contribution in [0.3, 0.4) is 0 Å². The van der Waals surface area contributed by atoms with Crippen molar-refractivity contribution in [2.24, 2.45) is 0 Å². The molecule has 0 unspecified atom stereocenters. The van der Waals surface area contributed by atoms with Crippen LogP contribution < -0.4 is 4.74 Å². The summed E-state index contributed by atoms with van der Waals surface area (Å²) in [4.78, 5) is 2.22. The second-order valence-electron chi connectivity index (χ2n) is 7.94. The van der Waals surface area contributed by atoms with Gasteiger partial charge in [-0.2, -0.15) is 0 Å². The minimum Gasteiger partial charge on any atom is -0.489 e. The predicted molar refractivity (Wildman–Crippen MR) is 130 cm³/mol. The van der Waals surface area contributed by atoms with Gasteiger partial charge in [0.15, 0.2) is 5.75 Å². The summed E-state index contributed by atoms with van der Waals surface area (Å²) >= 11 is 6.31. The number of nitrogens with zero attached hydrogens (tertiary/aromatic N) is 2. The fourth-order valence-electron chi connectivity index (χ4n) is 3.59. The molecule has 0 aliphatic heterocycles. The summed E-state index contributed by atoms with van der Waals surface area (Å²) in [5, 5.41) is 1.15. The van der Waals surface area contributed by atoms with Gasteiger partial charge in [0.2, 0.25) is 0 Å². The summed E-state index contributed by atoms with van der Waals surface area (Å²) in [5.41, 5.74) is 2.70. The first-order valence-electron chi connectivity index (χ1n) is 10.3. The molecule has 0 spiro atoms. The maximum Gasteiger partial charge on any atom is 0.268 e. The molecule has 7 heteroatoms. The summed E-state index contributed by atoms with van der Waals surface area (Å²) in [5.74, 6) is 0.528. The van der Waals surface area contributed by atoms with Crippen LogP contribution in [0.5, 0.6) is 5.75 Å². The lowest BCUT2D eigenvalue weighted by atomic mass is 10.1. The Morgan fingerprint density at radius 2 is 1.66 bits per heavy atom. The molecule has 4 rings (SSSR count). The number of ether oxygens (including phenoxy) is 1. The Morgan fingerprint density at radius 3 is 2.31 bits per heavy atom. The summed E-state index contributed by atoms with van der Waals surface area (Å²) in [6.45, 7) is 3.03. The van der Waals surface area contributed by atoms with E-state index in [1.54, 1.807) is 36.4 Å². The average Bonchev–Trinajstić information content (AvgIpc) is 3.08. The third-order valence-corrected chi connectivity index (χ3v) is 7.20. The molecule has 1 aromatic heterocycles. The highest BCUT2D eigenvalue weighted by Gasteiger charge is 2.29. The van der Waals surface area contributed by atoms with Gasteiger partial charge in [0.25, 0.3) is 10.0 Å². The molecule has 0 radical (unpaired) electrons. The zero-order valence-corrected chi connectivity index (χ0v) is 19.8. The quantitative estimate of drug-likeness (QED) is 0.362. The van der Waals surface area contributed by atoms with Crippen molar-refractivity contribution < 1.29 is 13.2 Å². The van der Waals surface area contributed by atoms with Gasteiger partial charge < -0.3 is 9.64 Å². The number of halogens is 1. The molecule has 0 bridgehead atoms. The topological polar surface area (TPSA) is 51.5 Å². The lowest BCUT2D eigenvalue weighted by molar-refractivity contribution is 0.264. The molecule has 32 heavy (non-hydrogen) atoms. The Balaban J connectivity index is 2.04. The van der Waals surface area contributed by atoms with Crippen molar-refractivity contribution in [2.75, 3.05) is 27.2 Å². The van der Waals surface area contributed by atoms with E-state index in [1.807, 2.05) is 62.3 Å². The molecular formula is C25H25ClN2O3S. The van der Waals surface area contributed by atoms with E-state index in [0.29, 0.717) is 40.5 Å². The zero-order valence-electron chi connectivity index (χ0n) is 18.2. The highest BCUT2D eigenvalue weighted by atomic mass is 35.5. The number of hydrogen-bond donors (Lipinski definition) is 0. The minimum atomic E-state index is -3.93. The van der Waals surface area contributed by atoms with Crippen molar-refractivity contribution in [3.63, 3.8) is 0 Å². The minimum absolute atomic E-state index is 0.206. The Hall–Kier alpha value is -2.80. The summed E-state index contributed by atoms with van der Waals surface area (Å²) < 4.78 is 35.4. The molecule has 0 aliphatic rings. The monoisotopic (exact) mass is 468 g/mol. The van der Waals surface area contributed by atoms with E-state index in [9.17, 15) is 8.42 Å². The number of benzene rings is 3. The van der Waals surface area contributed by atoms with Gasteiger partial charge >= 0.3 is 0 Å². The molecule has 4 aromatic rings. The summed E-state index contributed by atoms with van der Waals surface area (Å²) in [6.07, 6.45) is 0.